The first-order chi connectivity index (χ1) is 10.5. The molecule has 0 bridgehead atoms. The van der Waals surface area contributed by atoms with Crippen LogP contribution in [0.15, 0.2) is 24.3 Å². The monoisotopic (exact) mass is 326 g/mol. The zero-order valence-electron chi connectivity index (χ0n) is 13.3. The zero-order valence-corrected chi connectivity index (χ0v) is 14.2. The van der Waals surface area contributed by atoms with E-state index < -0.39 is 18.7 Å². The van der Waals surface area contributed by atoms with E-state index in [-0.39, 0.29) is 19.8 Å². The van der Waals surface area contributed by atoms with Crippen LogP contribution < -0.4 is 0 Å². The quantitative estimate of drug-likeness (QED) is 0.568. The average Bonchev–Trinajstić information content (AvgIpc) is 2.89. The summed E-state index contributed by atoms with van der Waals surface area (Å²) in [6, 6.07) is 7.70. The Morgan fingerprint density at radius 3 is 1.95 bits per heavy atom. The molecule has 0 radical (unpaired) electrons. The summed E-state index contributed by atoms with van der Waals surface area (Å²) in [5.41, 5.74) is 1.99. The second-order valence-corrected chi connectivity index (χ2v) is 7.57. The molecule has 0 saturated carbocycles. The van der Waals surface area contributed by atoms with Gasteiger partial charge in [0.2, 0.25) is 0 Å². The highest BCUT2D eigenvalue weighted by molar-refractivity contribution is 7.56. The van der Waals surface area contributed by atoms with Crippen LogP contribution in [0.4, 0.5) is 0 Å². The number of rotatable bonds is 7. The van der Waals surface area contributed by atoms with Gasteiger partial charge in [-0.3, -0.25) is 9.36 Å². The number of esters is 1. The highest BCUT2D eigenvalue weighted by Crippen LogP contribution is 2.65. The van der Waals surface area contributed by atoms with Crippen molar-refractivity contribution in [3.8, 4) is 0 Å². The molecule has 0 amide bonds. The van der Waals surface area contributed by atoms with Crippen molar-refractivity contribution in [1.29, 1.82) is 0 Å². The van der Waals surface area contributed by atoms with E-state index in [0.29, 0.717) is 12.8 Å². The lowest BCUT2D eigenvalue weighted by Crippen LogP contribution is -2.42. The molecule has 0 heterocycles. The molecule has 0 aromatic heterocycles. The Labute approximate surface area is 131 Å². The number of hydrogen-bond donors (Lipinski definition) is 0. The predicted octanol–water partition coefficient (Wildman–Crippen LogP) is 3.35. The molecule has 0 unspecified atom stereocenters. The van der Waals surface area contributed by atoms with Gasteiger partial charge in [-0.2, -0.15) is 0 Å². The lowest BCUT2D eigenvalue weighted by molar-refractivity contribution is -0.146. The maximum Gasteiger partial charge on any atom is 0.348 e. The topological polar surface area (TPSA) is 61.8 Å². The Kier molecular flexibility index (Phi) is 5.43. The molecule has 1 aliphatic rings. The molecule has 0 saturated heterocycles. The van der Waals surface area contributed by atoms with Crippen LogP contribution >= 0.6 is 7.60 Å². The third-order valence-corrected chi connectivity index (χ3v) is 6.61. The van der Waals surface area contributed by atoms with Crippen molar-refractivity contribution in [3.05, 3.63) is 35.4 Å². The van der Waals surface area contributed by atoms with Gasteiger partial charge in [-0.05, 0) is 31.9 Å². The summed E-state index contributed by atoms with van der Waals surface area (Å²) in [5.74, 6) is -0.503. The van der Waals surface area contributed by atoms with Crippen LogP contribution in [-0.2, 0) is 36.0 Å². The Hall–Kier alpha value is -1.16. The van der Waals surface area contributed by atoms with E-state index in [1.807, 2.05) is 24.3 Å². The minimum Gasteiger partial charge on any atom is -0.465 e. The van der Waals surface area contributed by atoms with Crippen LogP contribution in [0.2, 0.25) is 0 Å². The summed E-state index contributed by atoms with van der Waals surface area (Å²) in [4.78, 5) is 12.7. The van der Waals surface area contributed by atoms with Crippen molar-refractivity contribution in [3.63, 3.8) is 0 Å². The maximum absolute atomic E-state index is 13.4. The van der Waals surface area contributed by atoms with Crippen molar-refractivity contribution in [2.45, 2.75) is 38.8 Å². The third kappa shape index (κ3) is 2.85. The maximum atomic E-state index is 13.4. The largest absolute Gasteiger partial charge is 0.465 e. The van der Waals surface area contributed by atoms with E-state index in [1.165, 1.54) is 0 Å². The standard InChI is InChI=1S/C16H23O5P/c1-4-19-15(17)16(22(18,20-5-2)21-6-3)11-13-9-7-8-10-14(13)12-16/h7-10H,4-6,11-12H2,1-3H3. The minimum absolute atomic E-state index is 0.217. The lowest BCUT2D eigenvalue weighted by Gasteiger charge is -2.33. The van der Waals surface area contributed by atoms with Gasteiger partial charge in [-0.25, -0.2) is 0 Å². The van der Waals surface area contributed by atoms with Gasteiger partial charge in [0.1, 0.15) is 0 Å². The fourth-order valence-corrected chi connectivity index (χ4v) is 5.20. The Morgan fingerprint density at radius 2 is 1.55 bits per heavy atom. The Bertz CT molecular complexity index is 549. The molecule has 6 heteroatoms. The van der Waals surface area contributed by atoms with Crippen molar-refractivity contribution in [1.82, 2.24) is 0 Å². The van der Waals surface area contributed by atoms with Crippen LogP contribution in [0.3, 0.4) is 0 Å². The summed E-state index contributed by atoms with van der Waals surface area (Å²) in [6.45, 7) is 5.89. The highest BCUT2D eigenvalue weighted by Gasteiger charge is 2.60. The first-order valence-corrected chi connectivity index (χ1v) is 9.20. The van der Waals surface area contributed by atoms with Crippen LogP contribution in [0.25, 0.3) is 0 Å². The fourth-order valence-electron chi connectivity index (χ4n) is 2.93. The van der Waals surface area contributed by atoms with Gasteiger partial charge >= 0.3 is 13.6 Å². The molecule has 1 aliphatic carbocycles. The van der Waals surface area contributed by atoms with Gasteiger partial charge in [-0.1, -0.05) is 24.3 Å². The highest BCUT2D eigenvalue weighted by atomic mass is 31.2. The predicted molar refractivity (Wildman–Crippen MR) is 84.1 cm³/mol. The molecule has 1 aromatic carbocycles. The van der Waals surface area contributed by atoms with Crippen molar-refractivity contribution in [2.75, 3.05) is 19.8 Å². The molecular weight excluding hydrogens is 303 g/mol. The number of carbonyl (C=O) groups is 1. The minimum atomic E-state index is -3.64. The normalized spacial score (nSPS) is 16.3. The fraction of sp³-hybridized carbons (Fsp3) is 0.562. The molecule has 0 fully saturated rings. The number of carbonyl (C=O) groups excluding carboxylic acids is 1. The summed E-state index contributed by atoms with van der Waals surface area (Å²) in [6.07, 6.45) is 0.637. The average molecular weight is 326 g/mol. The third-order valence-electron chi connectivity index (χ3n) is 3.86. The van der Waals surface area contributed by atoms with Gasteiger partial charge in [0.25, 0.3) is 0 Å². The number of fused-ring (bicyclic) bond motifs is 1. The first kappa shape index (κ1) is 17.2. The van der Waals surface area contributed by atoms with Gasteiger partial charge in [0.05, 0.1) is 19.8 Å². The molecule has 122 valence electrons. The molecule has 0 spiro atoms. The van der Waals surface area contributed by atoms with E-state index >= 15 is 0 Å². The van der Waals surface area contributed by atoms with Crippen LogP contribution in [-0.4, -0.2) is 30.9 Å². The van der Waals surface area contributed by atoms with E-state index in [2.05, 4.69) is 0 Å². The van der Waals surface area contributed by atoms with Crippen molar-refractivity contribution < 1.29 is 23.1 Å². The first-order valence-electron chi connectivity index (χ1n) is 7.66. The van der Waals surface area contributed by atoms with Crippen LogP contribution in [0.1, 0.15) is 31.9 Å². The molecular formula is C16H23O5P. The van der Waals surface area contributed by atoms with Crippen molar-refractivity contribution >= 4 is 13.6 Å². The number of hydrogen-bond acceptors (Lipinski definition) is 5. The van der Waals surface area contributed by atoms with E-state index in [1.54, 1.807) is 20.8 Å². The second-order valence-electron chi connectivity index (χ2n) is 5.21. The molecule has 1 aromatic rings. The van der Waals surface area contributed by atoms with Gasteiger partial charge < -0.3 is 13.8 Å². The smallest absolute Gasteiger partial charge is 0.348 e. The van der Waals surface area contributed by atoms with Crippen molar-refractivity contribution in [2.24, 2.45) is 0 Å². The van der Waals surface area contributed by atoms with Gasteiger partial charge in [0.15, 0.2) is 5.16 Å². The molecule has 0 atom stereocenters. The lowest BCUT2D eigenvalue weighted by atomic mass is 10.1. The van der Waals surface area contributed by atoms with E-state index in [4.69, 9.17) is 13.8 Å². The SMILES string of the molecule is CCOC(=O)C1(P(=O)(OCC)OCC)Cc2ccccc2C1. The van der Waals surface area contributed by atoms with Crippen LogP contribution in [0.5, 0.6) is 0 Å². The molecule has 2 rings (SSSR count). The molecule has 0 N–H and O–H groups in total. The summed E-state index contributed by atoms with van der Waals surface area (Å²) >= 11 is 0. The Balaban J connectivity index is 2.49. The van der Waals surface area contributed by atoms with E-state index in [9.17, 15) is 9.36 Å². The number of ether oxygens (including phenoxy) is 1. The van der Waals surface area contributed by atoms with E-state index in [0.717, 1.165) is 11.1 Å². The Morgan fingerprint density at radius 1 is 1.05 bits per heavy atom. The van der Waals surface area contributed by atoms with Gasteiger partial charge in [0, 0.05) is 12.8 Å². The summed E-state index contributed by atoms with van der Waals surface area (Å²) in [7, 11) is -3.64. The molecule has 22 heavy (non-hydrogen) atoms. The van der Waals surface area contributed by atoms with Crippen LogP contribution in [0, 0.1) is 0 Å². The summed E-state index contributed by atoms with van der Waals surface area (Å²) < 4.78 is 29.6. The zero-order chi connectivity index (χ0) is 16.2. The summed E-state index contributed by atoms with van der Waals surface area (Å²) in [5, 5.41) is -1.28. The molecule has 0 aliphatic heterocycles. The van der Waals surface area contributed by atoms with Gasteiger partial charge in [-0.15, -0.1) is 0 Å². The molecule has 5 nitrogen and oxygen atoms in total. The number of benzene rings is 1. The second kappa shape index (κ2) is 6.95.